The summed E-state index contributed by atoms with van der Waals surface area (Å²) in [5, 5.41) is 39.1. The Morgan fingerprint density at radius 3 is 1.98 bits per heavy atom. The fourth-order valence-corrected chi connectivity index (χ4v) is 13.9. The van der Waals surface area contributed by atoms with Crippen molar-refractivity contribution in [1.29, 1.82) is 0 Å². The Labute approximate surface area is 695 Å². The number of carbonyl (C=O) groups excluding carboxylic acids is 14. The van der Waals surface area contributed by atoms with Gasteiger partial charge in [-0.3, -0.25) is 77.8 Å². The number of carbonyl (C=O) groups is 14. The van der Waals surface area contributed by atoms with Gasteiger partial charge in [0.15, 0.2) is 34.7 Å². The van der Waals surface area contributed by atoms with Crippen LogP contribution in [-0.4, -0.2) is 204 Å². The molecule has 0 saturated carbocycles. The van der Waals surface area contributed by atoms with Crippen molar-refractivity contribution in [3.63, 3.8) is 0 Å². The first-order valence-corrected chi connectivity index (χ1v) is 41.1. The third kappa shape index (κ3) is 32.3. The molecule has 6 rings (SSSR count). The van der Waals surface area contributed by atoms with Crippen molar-refractivity contribution in [3.8, 4) is 5.75 Å². The molecule has 0 bridgehead atoms. The van der Waals surface area contributed by atoms with Crippen molar-refractivity contribution in [2.45, 2.75) is 269 Å². The minimum atomic E-state index is -1.79. The molecule has 3 heterocycles. The number of hydrogen-bond donors (Lipinski definition) is 18. The maximum Gasteiger partial charge on any atom is 0.243 e. The minimum Gasteiger partial charge on any atom is -0.508 e. The topological polar surface area (TPSA) is 520 Å². The van der Waals surface area contributed by atoms with Gasteiger partial charge in [0.2, 0.25) is 46.8 Å². The lowest BCUT2D eigenvalue weighted by Crippen LogP contribution is -2.63. The van der Waals surface area contributed by atoms with Crippen molar-refractivity contribution in [2.75, 3.05) is 19.8 Å². The number of hydrazine groups is 3. The average Bonchev–Trinajstić information content (AvgIpc) is 1.31. The molecule has 33 nitrogen and oxygen atoms in total. The SMILES string of the molecule is CC(=O)N[C@@H](CC(C)C)C(=O)N[C@H](C(=O)C(=O)[C@H](Cc1ccccc1)NN[C@]1(C)CCCCCC/C=C/CCC[C@@](C)(C(=O)CN[C@@H](C)C(=O)CN)NN[C@@H](CC(C)C)C(=O)C(=O)[C@H](CCC(N)=O)NCN[C@@H](C)C(=O)CC(=O)[C@H](Cc2c[nH]c3ccccc23)NN[C@@H](Cc2ccc(O)cc2)C(=O)N[C@@H](Cc2cnc[nH]2)C(=O)CC1=O)[C@@H](C)O. The molecule has 0 saturated heterocycles. The molecule has 13 atom stereocenters. The normalized spacial score (nSPS) is 23.2. The van der Waals surface area contributed by atoms with Crippen LogP contribution in [0.25, 0.3) is 10.9 Å². The van der Waals surface area contributed by atoms with Crippen molar-refractivity contribution in [2.24, 2.45) is 23.3 Å². The average molecular weight is 1650 g/mol. The zero-order valence-electron chi connectivity index (χ0n) is 70.2. The van der Waals surface area contributed by atoms with Gasteiger partial charge < -0.3 is 52.9 Å². The zero-order valence-corrected chi connectivity index (χ0v) is 70.2. The van der Waals surface area contributed by atoms with E-state index in [1.54, 1.807) is 69.4 Å². The lowest BCUT2D eigenvalue weighted by Gasteiger charge is -2.33. The van der Waals surface area contributed by atoms with E-state index in [0.29, 0.717) is 67.3 Å². The Balaban J connectivity index is 1.40. The number of phenolic OH excluding ortho intramolecular Hbond substituents is 1. The summed E-state index contributed by atoms with van der Waals surface area (Å²) in [7, 11) is 0. The number of rotatable bonds is 31. The van der Waals surface area contributed by atoms with Gasteiger partial charge in [-0.2, -0.15) is 0 Å². The number of hydrogen-bond acceptors (Lipinski definition) is 27. The second kappa shape index (κ2) is 49.0. The number of nitrogens with one attached hydrogen (secondary N) is 14. The molecular weight excluding hydrogens is 1530 g/mol. The van der Waals surface area contributed by atoms with Crippen molar-refractivity contribution in [1.82, 2.24) is 79.4 Å². The highest BCUT2D eigenvalue weighted by atomic mass is 16.3. The summed E-state index contributed by atoms with van der Waals surface area (Å²) < 4.78 is 0. The van der Waals surface area contributed by atoms with Crippen LogP contribution < -0.4 is 75.9 Å². The minimum absolute atomic E-state index is 0.0335. The molecule has 4 amide bonds. The van der Waals surface area contributed by atoms with Crippen molar-refractivity contribution in [3.05, 3.63) is 132 Å². The number of aromatic hydroxyl groups is 1. The smallest absolute Gasteiger partial charge is 0.243 e. The van der Waals surface area contributed by atoms with Crippen LogP contribution in [0.2, 0.25) is 0 Å². The van der Waals surface area contributed by atoms with Gasteiger partial charge in [-0.1, -0.05) is 120 Å². The summed E-state index contributed by atoms with van der Waals surface area (Å²) in [4.78, 5) is 209. The van der Waals surface area contributed by atoms with Gasteiger partial charge in [-0.05, 0) is 158 Å². The van der Waals surface area contributed by atoms with E-state index in [4.69, 9.17) is 11.5 Å². The number of fused-ring (bicyclic) bond motifs is 1. The van der Waals surface area contributed by atoms with Gasteiger partial charge in [0.1, 0.15) is 23.9 Å². The Morgan fingerprint density at radius 1 is 0.664 bits per heavy atom. The number of aromatic amines is 2. The number of Topliss-reactive ketones (excluding diaryl/α,β-unsaturated/α-hetero) is 10. The number of nitrogens with two attached hydrogens (primary N) is 2. The summed E-state index contributed by atoms with van der Waals surface area (Å²) in [6.07, 6.45) is 8.63. The maximum absolute atomic E-state index is 15.5. The molecule has 1 aliphatic heterocycles. The molecule has 33 heteroatoms. The second-order valence-corrected chi connectivity index (χ2v) is 32.4. The van der Waals surface area contributed by atoms with Crippen LogP contribution in [0.4, 0.5) is 0 Å². The molecule has 5 aromatic rings. The molecule has 650 valence electrons. The quantitative estimate of drug-likeness (QED) is 0.0131. The highest BCUT2D eigenvalue weighted by molar-refractivity contribution is 6.42. The van der Waals surface area contributed by atoms with Crippen molar-refractivity contribution >= 4 is 92.4 Å². The first kappa shape index (κ1) is 97.9. The van der Waals surface area contributed by atoms with E-state index in [2.05, 4.69) is 79.4 Å². The highest BCUT2D eigenvalue weighted by Gasteiger charge is 2.42. The number of H-pyrrole nitrogens is 2. The number of ketones is 10. The molecule has 119 heavy (non-hydrogen) atoms. The number of aliphatic hydroxyl groups excluding tert-OH is 1. The molecule has 0 radical (unpaired) electrons. The molecule has 0 spiro atoms. The summed E-state index contributed by atoms with van der Waals surface area (Å²) in [6, 6.07) is 9.07. The fraction of sp³-hybridized carbons (Fsp3) is 0.547. The number of aliphatic hydroxyl groups is 1. The maximum atomic E-state index is 15.5. The molecular formula is C86H125N17O16. The van der Waals surface area contributed by atoms with Crippen LogP contribution in [0.3, 0.4) is 0 Å². The molecule has 0 aliphatic carbocycles. The van der Waals surface area contributed by atoms with Crippen LogP contribution in [0.15, 0.2) is 110 Å². The number of para-hydroxylation sites is 1. The Kier molecular flexibility index (Phi) is 40.3. The first-order valence-electron chi connectivity index (χ1n) is 41.1. The van der Waals surface area contributed by atoms with E-state index in [0.717, 1.165) is 10.9 Å². The third-order valence-corrected chi connectivity index (χ3v) is 21.3. The standard InChI is InChI=1S/C86H125N17O16/c1-51(2)37-67-80(115)79(114)64(33-34-77(88)113)94-50-92-53(5)71(107)43-72(108)66(41-59-46-91-63-28-22-21-27-62(59)63)98-99-70(40-58-29-31-61(106)32-30-58)84(119)96-65(42-60-47-89-49-93-60)73(109)44-75(111)85(9,35-23-16-14-12-11-13-15-17-24-36-86(10,103-100-67)76(112)48-90-54(6)74(110)45-87)102-101-68(39-57-25-19-18-20-26-57)81(116)82(117)78(55(7)104)97-83(118)69(38-52(3)4)95-56(8)105/h13,15,18-22,25-32,46-47,49,51-55,64-70,78,90-92,94,98-104,106H,11-12,14,16-17,23-24,33-45,48,50,87H2,1-10H3,(H2,88,113)(H,89,93)(H,95,105)(H,96,119)(H,97,118)/b15-13+/t53-,54-,55+,64-,65-,66-,67-,68-,69-,70-,78-,85+,86-/m0/s1. The van der Waals surface area contributed by atoms with Gasteiger partial charge >= 0.3 is 0 Å². The van der Waals surface area contributed by atoms with Crippen molar-refractivity contribution < 1.29 is 77.3 Å². The van der Waals surface area contributed by atoms with E-state index in [1.165, 1.54) is 45.4 Å². The number of aromatic nitrogens is 3. The number of primary amides is 1. The molecule has 0 unspecified atom stereocenters. The van der Waals surface area contributed by atoms with E-state index in [1.807, 2.05) is 64.1 Å². The number of benzene rings is 3. The summed E-state index contributed by atoms with van der Waals surface area (Å²) in [5.41, 5.74) is 29.2. The lowest BCUT2D eigenvalue weighted by molar-refractivity contribution is -0.142. The Morgan fingerprint density at radius 2 is 1.33 bits per heavy atom. The monoisotopic (exact) mass is 1650 g/mol. The summed E-state index contributed by atoms with van der Waals surface area (Å²) >= 11 is 0. The summed E-state index contributed by atoms with van der Waals surface area (Å²) in [6.45, 7) is 15.3. The van der Waals surface area contributed by atoms with E-state index in [9.17, 15) is 63.0 Å². The first-order chi connectivity index (χ1) is 56.5. The predicted molar refractivity (Wildman–Crippen MR) is 448 cm³/mol. The molecule has 2 aromatic heterocycles. The van der Waals surface area contributed by atoms with Crippen LogP contribution in [0.5, 0.6) is 5.75 Å². The number of amides is 4. The molecule has 3 aromatic carbocycles. The van der Waals surface area contributed by atoms with Crippen LogP contribution >= 0.6 is 0 Å². The Bertz CT molecular complexity index is 4250. The number of phenols is 1. The van der Waals surface area contributed by atoms with Gasteiger partial charge in [0.25, 0.3) is 0 Å². The van der Waals surface area contributed by atoms with E-state index in [-0.39, 0.29) is 113 Å². The van der Waals surface area contributed by atoms with Gasteiger partial charge in [-0.25, -0.2) is 37.5 Å². The summed E-state index contributed by atoms with van der Waals surface area (Å²) in [5.74, 6) is -10.7. The number of imidazole rings is 1. The van der Waals surface area contributed by atoms with Crippen LogP contribution in [0.1, 0.15) is 188 Å². The molecule has 0 fully saturated rings. The van der Waals surface area contributed by atoms with E-state index >= 15 is 14.4 Å². The van der Waals surface area contributed by atoms with Gasteiger partial charge in [-0.15, -0.1) is 0 Å². The second-order valence-electron chi connectivity index (χ2n) is 32.4. The van der Waals surface area contributed by atoms with Crippen LogP contribution in [-0.2, 0) is 92.8 Å². The fourth-order valence-electron chi connectivity index (χ4n) is 13.9. The largest absolute Gasteiger partial charge is 0.508 e. The molecule has 1 aliphatic rings. The predicted octanol–water partition coefficient (Wildman–Crippen LogP) is 2.74. The lowest BCUT2D eigenvalue weighted by atomic mass is 9.86. The van der Waals surface area contributed by atoms with Gasteiger partial charge in [0.05, 0.1) is 91.7 Å². The highest BCUT2D eigenvalue weighted by Crippen LogP contribution is 2.25. The van der Waals surface area contributed by atoms with Crippen LogP contribution in [0, 0.1) is 11.8 Å². The van der Waals surface area contributed by atoms with E-state index < -0.39 is 160 Å². The Hall–Kier alpha value is -9.91. The number of nitrogens with zero attached hydrogens (tertiary/aromatic N) is 1. The zero-order chi connectivity index (χ0) is 87.5. The third-order valence-electron chi connectivity index (χ3n) is 21.3. The molecule has 20 N–H and O–H groups in total. The van der Waals surface area contributed by atoms with Gasteiger partial charge in [0, 0.05) is 55.4 Å². The number of allylic oxidation sites excluding steroid dienone is 2.